The van der Waals surface area contributed by atoms with Crippen LogP contribution in [0, 0.1) is 5.82 Å². The smallest absolute Gasteiger partial charge is 0.161 e. The largest absolute Gasteiger partial charge is 0.496 e. The fourth-order valence-electron chi connectivity index (χ4n) is 3.77. The molecule has 0 aromatic heterocycles. The highest BCUT2D eigenvalue weighted by molar-refractivity contribution is 5.44. The summed E-state index contributed by atoms with van der Waals surface area (Å²) in [5.74, 6) is 1.48. The molecule has 1 N–H and O–H groups in total. The zero-order chi connectivity index (χ0) is 19.4. The van der Waals surface area contributed by atoms with Gasteiger partial charge in [-0.2, -0.15) is 0 Å². The van der Waals surface area contributed by atoms with Gasteiger partial charge in [0, 0.05) is 18.2 Å². The summed E-state index contributed by atoms with van der Waals surface area (Å²) in [5.41, 5.74) is 1.58. The predicted octanol–water partition coefficient (Wildman–Crippen LogP) is 3.72. The summed E-state index contributed by atoms with van der Waals surface area (Å²) in [7, 11) is 4.75. The van der Waals surface area contributed by atoms with E-state index in [1.54, 1.807) is 20.3 Å². The van der Waals surface area contributed by atoms with E-state index in [0.717, 1.165) is 24.9 Å². The molecule has 0 amide bonds. The standard InChI is InChI=1S/C21H26FNO4/c1-25-19-9-7-15(22)12-16(19)18(24)13-23-10-4-5-17(23)14-6-8-20(26-2)21(11-14)27-3/h6-9,11-12,17-18,24H,4-5,10,13H2,1-3H3/t17-,18+/m0/s1. The van der Waals surface area contributed by atoms with Gasteiger partial charge in [-0.3, -0.25) is 4.90 Å². The Kier molecular flexibility index (Phi) is 6.19. The number of aliphatic hydroxyl groups excluding tert-OH is 1. The van der Waals surface area contributed by atoms with Gasteiger partial charge in [-0.05, 0) is 55.3 Å². The summed E-state index contributed by atoms with van der Waals surface area (Å²) in [6, 6.07) is 10.3. The Morgan fingerprint density at radius 1 is 1.04 bits per heavy atom. The van der Waals surface area contributed by atoms with Crippen LogP contribution in [0.1, 0.15) is 36.1 Å². The third-order valence-corrected chi connectivity index (χ3v) is 5.11. The molecule has 27 heavy (non-hydrogen) atoms. The number of benzene rings is 2. The van der Waals surface area contributed by atoms with Crippen LogP contribution >= 0.6 is 0 Å². The number of ether oxygens (including phenoxy) is 3. The summed E-state index contributed by atoms with van der Waals surface area (Å²) in [6.07, 6.45) is 1.19. The van der Waals surface area contributed by atoms with Gasteiger partial charge in [0.05, 0.1) is 27.4 Å². The zero-order valence-electron chi connectivity index (χ0n) is 15.9. The van der Waals surface area contributed by atoms with Crippen LogP contribution in [0.2, 0.25) is 0 Å². The summed E-state index contributed by atoms with van der Waals surface area (Å²) in [4.78, 5) is 2.22. The van der Waals surface area contributed by atoms with Crippen molar-refractivity contribution in [3.05, 3.63) is 53.3 Å². The molecule has 3 rings (SSSR count). The molecular formula is C21H26FNO4. The molecule has 2 aromatic rings. The van der Waals surface area contributed by atoms with E-state index in [9.17, 15) is 9.50 Å². The molecule has 2 atom stereocenters. The zero-order valence-corrected chi connectivity index (χ0v) is 15.9. The first-order valence-corrected chi connectivity index (χ1v) is 9.04. The number of nitrogens with zero attached hydrogens (tertiary/aromatic N) is 1. The van der Waals surface area contributed by atoms with Crippen molar-refractivity contribution in [1.82, 2.24) is 4.90 Å². The molecule has 0 saturated carbocycles. The van der Waals surface area contributed by atoms with Gasteiger partial charge in [-0.25, -0.2) is 4.39 Å². The van der Waals surface area contributed by atoms with E-state index >= 15 is 0 Å². The van der Waals surface area contributed by atoms with E-state index < -0.39 is 6.10 Å². The Balaban J connectivity index is 1.80. The van der Waals surface area contributed by atoms with Crippen LogP contribution in [-0.2, 0) is 0 Å². The van der Waals surface area contributed by atoms with Gasteiger partial charge in [0.1, 0.15) is 11.6 Å². The monoisotopic (exact) mass is 375 g/mol. The van der Waals surface area contributed by atoms with Crippen molar-refractivity contribution in [2.45, 2.75) is 25.0 Å². The van der Waals surface area contributed by atoms with Gasteiger partial charge in [0.15, 0.2) is 11.5 Å². The van der Waals surface area contributed by atoms with Gasteiger partial charge < -0.3 is 19.3 Å². The van der Waals surface area contributed by atoms with Crippen LogP contribution < -0.4 is 14.2 Å². The topological polar surface area (TPSA) is 51.2 Å². The predicted molar refractivity (Wildman–Crippen MR) is 101 cm³/mol. The molecule has 1 aliphatic heterocycles. The van der Waals surface area contributed by atoms with Crippen LogP contribution in [0.25, 0.3) is 0 Å². The molecule has 0 spiro atoms. The van der Waals surface area contributed by atoms with Crippen LogP contribution in [0.5, 0.6) is 17.2 Å². The SMILES string of the molecule is COc1ccc([C@@H]2CCCN2C[C@@H](O)c2cc(F)ccc2OC)cc1OC. The highest BCUT2D eigenvalue weighted by atomic mass is 19.1. The fraction of sp³-hybridized carbons (Fsp3) is 0.429. The third-order valence-electron chi connectivity index (χ3n) is 5.11. The van der Waals surface area contributed by atoms with Crippen LogP contribution in [0.3, 0.4) is 0 Å². The normalized spacial score (nSPS) is 18.3. The van der Waals surface area contributed by atoms with Crippen molar-refractivity contribution in [3.8, 4) is 17.2 Å². The highest BCUT2D eigenvalue weighted by Gasteiger charge is 2.29. The van der Waals surface area contributed by atoms with Crippen molar-refractivity contribution < 1.29 is 23.7 Å². The Morgan fingerprint density at radius 2 is 1.74 bits per heavy atom. The van der Waals surface area contributed by atoms with Gasteiger partial charge in [-0.15, -0.1) is 0 Å². The van der Waals surface area contributed by atoms with Gasteiger partial charge in [0.2, 0.25) is 0 Å². The number of halogens is 1. The quantitative estimate of drug-likeness (QED) is 0.799. The molecule has 1 aliphatic rings. The lowest BCUT2D eigenvalue weighted by atomic mass is 10.0. The number of β-amino-alcohol motifs (C(OH)–C–C–N with tert-alkyl or cyclic N) is 1. The Labute approximate surface area is 159 Å². The Morgan fingerprint density at radius 3 is 2.44 bits per heavy atom. The first kappa shape index (κ1) is 19.5. The second-order valence-electron chi connectivity index (χ2n) is 6.67. The Bertz CT molecular complexity index is 783. The molecule has 0 aliphatic carbocycles. The maximum atomic E-state index is 13.6. The second-order valence-corrected chi connectivity index (χ2v) is 6.67. The van der Waals surface area contributed by atoms with E-state index in [0.29, 0.717) is 29.4 Å². The lowest BCUT2D eigenvalue weighted by Crippen LogP contribution is -2.28. The lowest BCUT2D eigenvalue weighted by Gasteiger charge is -2.28. The first-order valence-electron chi connectivity index (χ1n) is 9.04. The number of hydrogen-bond acceptors (Lipinski definition) is 5. The maximum Gasteiger partial charge on any atom is 0.161 e. The van der Waals surface area contributed by atoms with Crippen molar-refractivity contribution in [2.24, 2.45) is 0 Å². The highest BCUT2D eigenvalue weighted by Crippen LogP contribution is 2.38. The Hall–Kier alpha value is -2.31. The number of aliphatic hydroxyl groups is 1. The van der Waals surface area contributed by atoms with E-state index in [1.807, 2.05) is 18.2 Å². The van der Waals surface area contributed by atoms with Gasteiger partial charge in [0.25, 0.3) is 0 Å². The molecular weight excluding hydrogens is 349 g/mol. The molecule has 5 nitrogen and oxygen atoms in total. The summed E-state index contributed by atoms with van der Waals surface area (Å²) < 4.78 is 29.7. The molecule has 146 valence electrons. The molecule has 6 heteroatoms. The molecule has 1 fully saturated rings. The van der Waals surface area contributed by atoms with E-state index in [1.165, 1.54) is 19.2 Å². The minimum Gasteiger partial charge on any atom is -0.496 e. The lowest BCUT2D eigenvalue weighted by molar-refractivity contribution is 0.103. The number of hydrogen-bond donors (Lipinski definition) is 1. The average molecular weight is 375 g/mol. The first-order chi connectivity index (χ1) is 13.1. The molecule has 2 aromatic carbocycles. The summed E-state index contributed by atoms with van der Waals surface area (Å²) in [5, 5.41) is 10.7. The van der Waals surface area contributed by atoms with Gasteiger partial charge >= 0.3 is 0 Å². The maximum absolute atomic E-state index is 13.6. The minimum absolute atomic E-state index is 0.166. The third kappa shape index (κ3) is 4.17. The number of methoxy groups -OCH3 is 3. The summed E-state index contributed by atoms with van der Waals surface area (Å²) >= 11 is 0. The molecule has 0 unspecified atom stereocenters. The molecule has 1 heterocycles. The van der Waals surface area contributed by atoms with Crippen molar-refractivity contribution >= 4 is 0 Å². The number of likely N-dealkylation sites (tertiary alicyclic amines) is 1. The summed E-state index contributed by atoms with van der Waals surface area (Å²) in [6.45, 7) is 1.27. The van der Waals surface area contributed by atoms with E-state index in [-0.39, 0.29) is 11.9 Å². The van der Waals surface area contributed by atoms with Crippen molar-refractivity contribution in [2.75, 3.05) is 34.4 Å². The number of rotatable bonds is 7. The van der Waals surface area contributed by atoms with Crippen molar-refractivity contribution in [1.29, 1.82) is 0 Å². The molecule has 0 bridgehead atoms. The average Bonchev–Trinajstić information content (AvgIpc) is 3.15. The van der Waals surface area contributed by atoms with Crippen LogP contribution in [0.4, 0.5) is 4.39 Å². The second kappa shape index (κ2) is 8.59. The van der Waals surface area contributed by atoms with Crippen molar-refractivity contribution in [3.63, 3.8) is 0 Å². The van der Waals surface area contributed by atoms with E-state index in [4.69, 9.17) is 14.2 Å². The fourth-order valence-corrected chi connectivity index (χ4v) is 3.77. The van der Waals surface area contributed by atoms with Crippen LogP contribution in [0.15, 0.2) is 36.4 Å². The molecule has 1 saturated heterocycles. The molecule has 0 radical (unpaired) electrons. The van der Waals surface area contributed by atoms with Crippen LogP contribution in [-0.4, -0.2) is 44.4 Å². The minimum atomic E-state index is -0.837. The van der Waals surface area contributed by atoms with E-state index in [2.05, 4.69) is 4.90 Å². The van der Waals surface area contributed by atoms with Gasteiger partial charge in [-0.1, -0.05) is 6.07 Å².